The number of azide groups is 1. The summed E-state index contributed by atoms with van der Waals surface area (Å²) in [6.07, 6.45) is 1.62. The van der Waals surface area contributed by atoms with Gasteiger partial charge in [-0.3, -0.25) is 0 Å². The third-order valence-corrected chi connectivity index (χ3v) is 4.54. The summed E-state index contributed by atoms with van der Waals surface area (Å²) in [6.45, 7) is 12.0. The van der Waals surface area contributed by atoms with E-state index in [1.54, 1.807) is 4.90 Å². The highest BCUT2D eigenvalue weighted by atomic mass is 16.6. The smallest absolute Gasteiger partial charge is 0.410 e. The van der Waals surface area contributed by atoms with E-state index in [0.29, 0.717) is 32.3 Å². The van der Waals surface area contributed by atoms with Crippen LogP contribution in [0.1, 0.15) is 33.6 Å². The standard InChI is InChI=1S/C17H32N6O3/c1-17(2,3)26-16(24)23-12-15(13-23)19-6-10-25-11-9-22-7-4-14(5-8-22)20-21-18/h14-15,19H,4-13H2,1-3H3. The largest absolute Gasteiger partial charge is 0.444 e. The van der Waals surface area contributed by atoms with E-state index in [-0.39, 0.29) is 12.1 Å². The van der Waals surface area contributed by atoms with E-state index in [2.05, 4.69) is 20.2 Å². The van der Waals surface area contributed by atoms with Crippen LogP contribution in [0.4, 0.5) is 4.79 Å². The van der Waals surface area contributed by atoms with Crippen molar-refractivity contribution in [2.45, 2.75) is 51.3 Å². The molecule has 0 aromatic carbocycles. The molecule has 2 fully saturated rings. The summed E-state index contributed by atoms with van der Waals surface area (Å²) in [5, 5.41) is 7.17. The molecule has 0 atom stereocenters. The van der Waals surface area contributed by atoms with Gasteiger partial charge in [0.2, 0.25) is 0 Å². The average Bonchev–Trinajstić information content (AvgIpc) is 2.52. The van der Waals surface area contributed by atoms with Gasteiger partial charge >= 0.3 is 6.09 Å². The maximum atomic E-state index is 11.8. The van der Waals surface area contributed by atoms with Crippen molar-refractivity contribution in [1.29, 1.82) is 0 Å². The van der Waals surface area contributed by atoms with Crippen molar-refractivity contribution < 1.29 is 14.3 Å². The van der Waals surface area contributed by atoms with Gasteiger partial charge in [-0.15, -0.1) is 0 Å². The molecule has 0 aliphatic carbocycles. The number of piperidine rings is 1. The number of hydrogen-bond donors (Lipinski definition) is 1. The quantitative estimate of drug-likeness (QED) is 0.305. The molecule has 0 saturated carbocycles. The zero-order valence-electron chi connectivity index (χ0n) is 16.2. The molecule has 0 radical (unpaired) electrons. The molecule has 2 heterocycles. The lowest BCUT2D eigenvalue weighted by molar-refractivity contribution is 0.00442. The molecule has 1 amide bonds. The molecule has 2 aliphatic heterocycles. The van der Waals surface area contributed by atoms with E-state index in [4.69, 9.17) is 15.0 Å². The first-order valence-electron chi connectivity index (χ1n) is 9.43. The SMILES string of the molecule is CC(C)(C)OC(=O)N1CC(NCCOCCN2CCC(N=[N+]=[N-])CC2)C1. The molecule has 2 saturated heterocycles. The van der Waals surface area contributed by atoms with Crippen LogP contribution in [0, 0.1) is 0 Å². The second-order valence-electron chi connectivity index (χ2n) is 7.93. The molecule has 1 N–H and O–H groups in total. The van der Waals surface area contributed by atoms with Gasteiger partial charge < -0.3 is 24.6 Å². The Labute approximate surface area is 155 Å². The van der Waals surface area contributed by atoms with Gasteiger partial charge in [0, 0.05) is 43.2 Å². The maximum absolute atomic E-state index is 11.8. The monoisotopic (exact) mass is 368 g/mol. The number of amides is 1. The topological polar surface area (TPSA) is 103 Å². The minimum absolute atomic E-state index is 0.157. The molecule has 0 spiro atoms. The predicted octanol–water partition coefficient (Wildman–Crippen LogP) is 1.99. The van der Waals surface area contributed by atoms with Crippen molar-refractivity contribution in [3.8, 4) is 0 Å². The zero-order chi connectivity index (χ0) is 19.0. The fraction of sp³-hybridized carbons (Fsp3) is 0.941. The Kier molecular flexibility index (Phi) is 7.96. The van der Waals surface area contributed by atoms with Crippen LogP contribution in [-0.4, -0.2) is 86.1 Å². The molecule has 2 aliphatic rings. The molecule has 9 nitrogen and oxygen atoms in total. The number of rotatable bonds is 8. The lowest BCUT2D eigenvalue weighted by Crippen LogP contribution is -2.60. The number of ether oxygens (including phenoxy) is 2. The minimum atomic E-state index is -0.443. The molecule has 0 bridgehead atoms. The summed E-state index contributed by atoms with van der Waals surface area (Å²) in [4.78, 5) is 18.8. The first kappa shape index (κ1) is 20.8. The van der Waals surface area contributed by atoms with Gasteiger partial charge in [-0.1, -0.05) is 5.11 Å². The minimum Gasteiger partial charge on any atom is -0.444 e. The van der Waals surface area contributed by atoms with Crippen LogP contribution in [0.2, 0.25) is 0 Å². The number of nitrogens with zero attached hydrogens (tertiary/aromatic N) is 5. The number of carbonyl (C=O) groups excluding carboxylic acids is 1. The van der Waals surface area contributed by atoms with Crippen LogP contribution in [0.25, 0.3) is 10.4 Å². The van der Waals surface area contributed by atoms with Gasteiger partial charge in [-0.25, -0.2) is 4.79 Å². The molecule has 2 rings (SSSR count). The second-order valence-corrected chi connectivity index (χ2v) is 7.93. The Bertz CT molecular complexity index is 489. The number of hydrogen-bond acceptors (Lipinski definition) is 6. The lowest BCUT2D eigenvalue weighted by Gasteiger charge is -2.40. The average molecular weight is 368 g/mol. The Morgan fingerprint density at radius 2 is 1.96 bits per heavy atom. The van der Waals surface area contributed by atoms with Gasteiger partial charge in [0.1, 0.15) is 5.60 Å². The number of nitrogens with one attached hydrogen (secondary N) is 1. The van der Waals surface area contributed by atoms with Gasteiger partial charge in [-0.05, 0) is 52.2 Å². The van der Waals surface area contributed by atoms with Crippen molar-refractivity contribution in [3.63, 3.8) is 0 Å². The van der Waals surface area contributed by atoms with E-state index in [9.17, 15) is 4.79 Å². The van der Waals surface area contributed by atoms with E-state index in [1.807, 2.05) is 20.8 Å². The highest BCUT2D eigenvalue weighted by Crippen LogP contribution is 2.15. The zero-order valence-corrected chi connectivity index (χ0v) is 16.2. The fourth-order valence-electron chi connectivity index (χ4n) is 3.05. The van der Waals surface area contributed by atoms with Crippen LogP contribution in [-0.2, 0) is 9.47 Å². The molecule has 26 heavy (non-hydrogen) atoms. The molecular weight excluding hydrogens is 336 g/mol. The molecular formula is C17H32N6O3. The summed E-state index contributed by atoms with van der Waals surface area (Å²) in [7, 11) is 0. The lowest BCUT2D eigenvalue weighted by atomic mass is 10.1. The highest BCUT2D eigenvalue weighted by Gasteiger charge is 2.33. The molecule has 9 heteroatoms. The Balaban J connectivity index is 1.43. The highest BCUT2D eigenvalue weighted by molar-refractivity contribution is 5.69. The Morgan fingerprint density at radius 3 is 2.58 bits per heavy atom. The molecule has 0 unspecified atom stereocenters. The third kappa shape index (κ3) is 7.37. The van der Waals surface area contributed by atoms with E-state index in [1.165, 1.54) is 0 Å². The summed E-state index contributed by atoms with van der Waals surface area (Å²) >= 11 is 0. The van der Waals surface area contributed by atoms with Crippen LogP contribution >= 0.6 is 0 Å². The summed E-state index contributed by atoms with van der Waals surface area (Å²) in [5.41, 5.74) is 8.01. The molecule has 148 valence electrons. The van der Waals surface area contributed by atoms with Crippen molar-refractivity contribution in [2.75, 3.05) is 52.5 Å². The number of likely N-dealkylation sites (tertiary alicyclic amines) is 2. The van der Waals surface area contributed by atoms with Crippen molar-refractivity contribution in [2.24, 2.45) is 5.11 Å². The molecule has 0 aromatic heterocycles. The van der Waals surface area contributed by atoms with Crippen LogP contribution in [0.5, 0.6) is 0 Å². The Morgan fingerprint density at radius 1 is 1.27 bits per heavy atom. The van der Waals surface area contributed by atoms with Crippen molar-refractivity contribution in [3.05, 3.63) is 10.4 Å². The normalized spacial score (nSPS) is 19.7. The van der Waals surface area contributed by atoms with Crippen molar-refractivity contribution >= 4 is 6.09 Å². The third-order valence-electron chi connectivity index (χ3n) is 4.54. The van der Waals surface area contributed by atoms with Gasteiger partial charge in [0.25, 0.3) is 0 Å². The van der Waals surface area contributed by atoms with Gasteiger partial charge in [0.05, 0.1) is 13.2 Å². The van der Waals surface area contributed by atoms with E-state index in [0.717, 1.165) is 39.0 Å². The summed E-state index contributed by atoms with van der Waals surface area (Å²) < 4.78 is 11.0. The van der Waals surface area contributed by atoms with Crippen LogP contribution in [0.3, 0.4) is 0 Å². The van der Waals surface area contributed by atoms with Gasteiger partial charge in [-0.2, -0.15) is 0 Å². The first-order chi connectivity index (χ1) is 12.4. The van der Waals surface area contributed by atoms with E-state index >= 15 is 0 Å². The summed E-state index contributed by atoms with van der Waals surface area (Å²) in [6, 6.07) is 0.481. The molecule has 0 aromatic rings. The number of carbonyl (C=O) groups is 1. The van der Waals surface area contributed by atoms with Crippen molar-refractivity contribution in [1.82, 2.24) is 15.1 Å². The van der Waals surface area contributed by atoms with E-state index < -0.39 is 5.60 Å². The summed E-state index contributed by atoms with van der Waals surface area (Å²) in [5.74, 6) is 0. The first-order valence-corrected chi connectivity index (χ1v) is 9.43. The van der Waals surface area contributed by atoms with Gasteiger partial charge in [0.15, 0.2) is 0 Å². The Hall–Kier alpha value is -1.54. The van der Waals surface area contributed by atoms with Crippen LogP contribution in [0.15, 0.2) is 5.11 Å². The second kappa shape index (κ2) is 9.97. The van der Waals surface area contributed by atoms with Crippen LogP contribution < -0.4 is 5.32 Å². The maximum Gasteiger partial charge on any atom is 0.410 e. The predicted molar refractivity (Wildman–Crippen MR) is 99.0 cm³/mol. The fourth-order valence-corrected chi connectivity index (χ4v) is 3.05.